The Balaban J connectivity index is 1.98. The molecule has 0 unspecified atom stereocenters. The van der Waals surface area contributed by atoms with Crippen LogP contribution >= 0.6 is 0 Å². The van der Waals surface area contributed by atoms with Crippen LogP contribution in [0.4, 0.5) is 0 Å². The highest BCUT2D eigenvalue weighted by Crippen LogP contribution is 2.21. The molecule has 0 aliphatic carbocycles. The molecule has 7 heteroatoms. The highest BCUT2D eigenvalue weighted by atomic mass is 32.2. The molecule has 1 aromatic heterocycles. The minimum atomic E-state index is -4.15. The van der Waals surface area contributed by atoms with Crippen LogP contribution in [0.5, 0.6) is 5.75 Å². The maximum atomic E-state index is 12.2. The lowest BCUT2D eigenvalue weighted by Gasteiger charge is -2.04. The summed E-state index contributed by atoms with van der Waals surface area (Å²) in [6.07, 6.45) is 3.51. The third-order valence-corrected chi connectivity index (χ3v) is 3.59. The number of nitrogens with two attached hydrogens (primary N) is 1. The van der Waals surface area contributed by atoms with Crippen molar-refractivity contribution >= 4 is 33.4 Å². The van der Waals surface area contributed by atoms with Crippen molar-refractivity contribution in [1.82, 2.24) is 0 Å². The van der Waals surface area contributed by atoms with Crippen LogP contribution in [0.25, 0.3) is 23.1 Å². The van der Waals surface area contributed by atoms with E-state index in [1.54, 1.807) is 6.08 Å². The van der Waals surface area contributed by atoms with Crippen LogP contribution in [0.3, 0.4) is 0 Å². The molecule has 122 valence electrons. The van der Waals surface area contributed by atoms with E-state index in [0.29, 0.717) is 11.3 Å². The number of hydrogen-bond acceptors (Lipinski definition) is 5. The molecule has 0 fully saturated rings. The number of rotatable bonds is 4. The van der Waals surface area contributed by atoms with Gasteiger partial charge in [0, 0.05) is 6.07 Å². The fourth-order valence-corrected chi connectivity index (χ4v) is 2.54. The Bertz CT molecular complexity index is 1070. The maximum Gasteiger partial charge on any atom is 0.380 e. The zero-order valence-electron chi connectivity index (χ0n) is 12.4. The molecule has 1 heterocycles. The van der Waals surface area contributed by atoms with E-state index in [4.69, 9.17) is 9.56 Å². The Labute approximate surface area is 138 Å². The minimum Gasteiger partial charge on any atom is -0.456 e. The Kier molecular flexibility index (Phi) is 4.20. The van der Waals surface area contributed by atoms with Crippen molar-refractivity contribution < 1.29 is 17.0 Å². The molecule has 0 bridgehead atoms. The van der Waals surface area contributed by atoms with Gasteiger partial charge in [0.05, 0.1) is 5.39 Å². The predicted octanol–water partition coefficient (Wildman–Crippen LogP) is 2.55. The second-order valence-corrected chi connectivity index (χ2v) is 6.14. The molecule has 0 aliphatic heterocycles. The van der Waals surface area contributed by atoms with Crippen LogP contribution < -0.4 is 14.8 Å². The monoisotopic (exact) mass is 343 g/mol. The first kappa shape index (κ1) is 16.0. The predicted molar refractivity (Wildman–Crippen MR) is 91.6 cm³/mol. The van der Waals surface area contributed by atoms with Gasteiger partial charge in [-0.2, -0.15) is 13.6 Å². The van der Waals surface area contributed by atoms with E-state index in [1.165, 1.54) is 24.3 Å². The van der Waals surface area contributed by atoms with Gasteiger partial charge in [-0.3, -0.25) is 4.79 Å². The van der Waals surface area contributed by atoms with Gasteiger partial charge in [0.25, 0.3) is 0 Å². The van der Waals surface area contributed by atoms with Gasteiger partial charge in [-0.1, -0.05) is 36.4 Å². The summed E-state index contributed by atoms with van der Waals surface area (Å²) in [4.78, 5) is 12.2. The van der Waals surface area contributed by atoms with Crippen LogP contribution in [0.2, 0.25) is 0 Å². The van der Waals surface area contributed by atoms with E-state index in [1.807, 2.05) is 36.4 Å². The minimum absolute atomic E-state index is 0.0510. The third-order valence-electron chi connectivity index (χ3n) is 3.17. The average Bonchev–Trinajstić information content (AvgIpc) is 2.53. The molecule has 2 aromatic carbocycles. The molecule has 0 saturated heterocycles. The highest BCUT2D eigenvalue weighted by Gasteiger charge is 2.09. The van der Waals surface area contributed by atoms with Gasteiger partial charge in [0.2, 0.25) is 0 Å². The Hall–Kier alpha value is -2.90. The van der Waals surface area contributed by atoms with Crippen molar-refractivity contribution in [3.05, 3.63) is 76.1 Å². The molecule has 0 amide bonds. The van der Waals surface area contributed by atoms with Crippen molar-refractivity contribution in [3.8, 4) is 5.75 Å². The second-order valence-electron chi connectivity index (χ2n) is 4.99. The fraction of sp³-hybridized carbons (Fsp3) is 0. The van der Waals surface area contributed by atoms with Crippen LogP contribution in [0, 0.1) is 0 Å². The molecule has 0 atom stereocenters. The van der Waals surface area contributed by atoms with E-state index in [-0.39, 0.29) is 16.6 Å². The number of fused-ring (bicyclic) bond motifs is 1. The van der Waals surface area contributed by atoms with Crippen molar-refractivity contribution in [1.29, 1.82) is 0 Å². The van der Waals surface area contributed by atoms with Crippen molar-refractivity contribution in [3.63, 3.8) is 0 Å². The molecule has 2 N–H and O–H groups in total. The molecule has 6 nitrogen and oxygen atoms in total. The van der Waals surface area contributed by atoms with E-state index in [0.717, 1.165) is 5.56 Å². The van der Waals surface area contributed by atoms with Crippen LogP contribution in [-0.2, 0) is 10.3 Å². The fourth-order valence-electron chi connectivity index (χ4n) is 2.16. The molecule has 3 rings (SSSR count). The molecule has 24 heavy (non-hydrogen) atoms. The standard InChI is InChI=1S/C17H13NO5S/c18-24(20,21)23-14-8-9-17-15(10-14)16(19)11-13(22-17)7-6-12-4-2-1-3-5-12/h1-11H,(H2,18,20,21). The van der Waals surface area contributed by atoms with Gasteiger partial charge < -0.3 is 8.60 Å². The lowest BCUT2D eigenvalue weighted by atomic mass is 10.2. The highest BCUT2D eigenvalue weighted by molar-refractivity contribution is 7.84. The molecule has 3 aromatic rings. The van der Waals surface area contributed by atoms with Crippen LogP contribution in [0.1, 0.15) is 11.3 Å². The first-order valence-electron chi connectivity index (χ1n) is 6.94. The SMILES string of the molecule is NS(=O)(=O)Oc1ccc2oc(C=Cc3ccccc3)cc(=O)c2c1. The molecule has 0 aliphatic rings. The van der Waals surface area contributed by atoms with Crippen LogP contribution in [-0.4, -0.2) is 8.42 Å². The Morgan fingerprint density at radius 2 is 1.75 bits per heavy atom. The molecular weight excluding hydrogens is 330 g/mol. The molecule has 0 spiro atoms. The average molecular weight is 343 g/mol. The summed E-state index contributed by atoms with van der Waals surface area (Å²) < 4.78 is 32.1. The van der Waals surface area contributed by atoms with Gasteiger partial charge in [-0.15, -0.1) is 0 Å². The lowest BCUT2D eigenvalue weighted by Crippen LogP contribution is -2.19. The van der Waals surface area contributed by atoms with Gasteiger partial charge in [-0.05, 0) is 29.8 Å². The zero-order valence-corrected chi connectivity index (χ0v) is 13.2. The first-order chi connectivity index (χ1) is 11.4. The van der Waals surface area contributed by atoms with Gasteiger partial charge in [0.1, 0.15) is 17.1 Å². The lowest BCUT2D eigenvalue weighted by molar-refractivity contribution is 0.487. The van der Waals surface area contributed by atoms with E-state index in [9.17, 15) is 13.2 Å². The largest absolute Gasteiger partial charge is 0.456 e. The van der Waals surface area contributed by atoms with E-state index in [2.05, 4.69) is 4.18 Å². The second kappa shape index (κ2) is 6.31. The van der Waals surface area contributed by atoms with Gasteiger partial charge in [-0.25, -0.2) is 0 Å². The topological polar surface area (TPSA) is 99.6 Å². The quantitative estimate of drug-likeness (QED) is 0.785. The first-order valence-corrected chi connectivity index (χ1v) is 8.41. The summed E-state index contributed by atoms with van der Waals surface area (Å²) in [5.74, 6) is 0.335. The Morgan fingerprint density at radius 1 is 1.00 bits per heavy atom. The van der Waals surface area contributed by atoms with E-state index >= 15 is 0 Å². The van der Waals surface area contributed by atoms with Gasteiger partial charge in [0.15, 0.2) is 5.43 Å². The van der Waals surface area contributed by atoms with Crippen molar-refractivity contribution in [2.45, 2.75) is 0 Å². The van der Waals surface area contributed by atoms with Crippen molar-refractivity contribution in [2.75, 3.05) is 0 Å². The summed E-state index contributed by atoms with van der Waals surface area (Å²) in [5, 5.41) is 5.01. The summed E-state index contributed by atoms with van der Waals surface area (Å²) in [6.45, 7) is 0. The maximum absolute atomic E-state index is 12.2. The van der Waals surface area contributed by atoms with Crippen molar-refractivity contribution in [2.24, 2.45) is 5.14 Å². The summed E-state index contributed by atoms with van der Waals surface area (Å²) >= 11 is 0. The number of benzene rings is 2. The zero-order chi connectivity index (χ0) is 17.2. The molecular formula is C17H13NO5S. The summed E-state index contributed by atoms with van der Waals surface area (Å²) in [5.41, 5.74) is 0.970. The molecule has 0 saturated carbocycles. The van der Waals surface area contributed by atoms with Gasteiger partial charge >= 0.3 is 10.3 Å². The van der Waals surface area contributed by atoms with Crippen LogP contribution in [0.15, 0.2) is 63.8 Å². The summed E-state index contributed by atoms with van der Waals surface area (Å²) in [6, 6.07) is 15.0. The third kappa shape index (κ3) is 3.89. The normalized spacial score (nSPS) is 11.9. The summed E-state index contributed by atoms with van der Waals surface area (Å²) in [7, 11) is -4.15. The van der Waals surface area contributed by atoms with E-state index < -0.39 is 10.3 Å². The molecule has 0 radical (unpaired) electrons. The smallest absolute Gasteiger partial charge is 0.380 e. The number of hydrogen-bond donors (Lipinski definition) is 1. The Morgan fingerprint density at radius 3 is 2.46 bits per heavy atom.